The lowest BCUT2D eigenvalue weighted by molar-refractivity contribution is 0.000354. The van der Waals surface area contributed by atoms with Gasteiger partial charge in [-0.1, -0.05) is 19.4 Å². The second kappa shape index (κ2) is 5.72. The Labute approximate surface area is 114 Å². The molecule has 1 aromatic heterocycles. The highest BCUT2D eigenvalue weighted by atomic mass is 32.1. The lowest BCUT2D eigenvalue weighted by Crippen LogP contribution is -2.56. The summed E-state index contributed by atoms with van der Waals surface area (Å²) in [6.07, 6.45) is 4.24. The van der Waals surface area contributed by atoms with Gasteiger partial charge in [0.25, 0.3) is 0 Å². The van der Waals surface area contributed by atoms with Crippen LogP contribution in [0.5, 0.6) is 0 Å². The van der Waals surface area contributed by atoms with E-state index in [0.717, 1.165) is 24.4 Å². The van der Waals surface area contributed by atoms with Gasteiger partial charge < -0.3 is 5.32 Å². The summed E-state index contributed by atoms with van der Waals surface area (Å²) in [7, 11) is 0. The predicted octanol–water partition coefficient (Wildman–Crippen LogP) is 2.96. The van der Waals surface area contributed by atoms with E-state index < -0.39 is 0 Å². The topological polar surface area (TPSA) is 15.3 Å². The average molecular weight is 264 g/mol. The number of hydrogen-bond donors (Lipinski definition) is 1. The molecule has 3 heteroatoms. The first kappa shape index (κ1) is 12.6. The third kappa shape index (κ3) is 2.63. The summed E-state index contributed by atoms with van der Waals surface area (Å²) >= 11 is 1.85. The first-order chi connectivity index (χ1) is 8.86. The van der Waals surface area contributed by atoms with E-state index in [1.807, 2.05) is 11.3 Å². The minimum absolute atomic E-state index is 0.798. The molecule has 3 aliphatic rings. The molecule has 18 heavy (non-hydrogen) atoms. The molecular formula is C15H24N2S. The van der Waals surface area contributed by atoms with Crippen molar-refractivity contribution >= 4 is 11.3 Å². The maximum Gasteiger partial charge on any atom is 0.0300 e. The lowest BCUT2D eigenvalue weighted by Gasteiger charge is -2.50. The normalized spacial score (nSPS) is 34.9. The summed E-state index contributed by atoms with van der Waals surface area (Å²) in [4.78, 5) is 4.19. The first-order valence-electron chi connectivity index (χ1n) is 7.34. The molecule has 3 aliphatic heterocycles. The van der Waals surface area contributed by atoms with Gasteiger partial charge in [0.2, 0.25) is 0 Å². The molecule has 3 saturated heterocycles. The van der Waals surface area contributed by atoms with Crippen molar-refractivity contribution in [3.63, 3.8) is 0 Å². The smallest absolute Gasteiger partial charge is 0.0300 e. The number of fused-ring (bicyclic) bond motifs is 3. The third-order valence-corrected chi connectivity index (χ3v) is 5.67. The maximum absolute atomic E-state index is 3.64. The molecule has 0 saturated carbocycles. The van der Waals surface area contributed by atoms with Gasteiger partial charge >= 0.3 is 0 Å². The molecule has 2 bridgehead atoms. The molecule has 4 atom stereocenters. The van der Waals surface area contributed by atoms with Gasteiger partial charge in [-0.2, -0.15) is 0 Å². The molecule has 4 rings (SSSR count). The Hall–Kier alpha value is -0.380. The molecule has 2 nitrogen and oxygen atoms in total. The molecule has 100 valence electrons. The van der Waals surface area contributed by atoms with Gasteiger partial charge in [0.15, 0.2) is 0 Å². The van der Waals surface area contributed by atoms with Crippen LogP contribution in [0.15, 0.2) is 17.5 Å². The zero-order valence-corrected chi connectivity index (χ0v) is 12.1. The van der Waals surface area contributed by atoms with E-state index in [-0.39, 0.29) is 0 Å². The van der Waals surface area contributed by atoms with Crippen molar-refractivity contribution in [1.29, 1.82) is 0 Å². The highest BCUT2D eigenvalue weighted by Gasteiger charge is 2.38. The summed E-state index contributed by atoms with van der Waals surface area (Å²) < 4.78 is 0. The van der Waals surface area contributed by atoms with Gasteiger partial charge in [-0.15, -0.1) is 11.3 Å². The van der Waals surface area contributed by atoms with Gasteiger partial charge in [-0.05, 0) is 42.7 Å². The Balaban J connectivity index is 1.47. The van der Waals surface area contributed by atoms with Crippen LogP contribution in [0.1, 0.15) is 31.1 Å². The van der Waals surface area contributed by atoms with Crippen molar-refractivity contribution in [2.75, 3.05) is 19.6 Å². The van der Waals surface area contributed by atoms with Gasteiger partial charge in [0.1, 0.15) is 0 Å². The zero-order valence-electron chi connectivity index (χ0n) is 11.3. The highest BCUT2D eigenvalue weighted by Crippen LogP contribution is 2.37. The molecule has 4 heterocycles. The van der Waals surface area contributed by atoms with E-state index in [1.54, 1.807) is 0 Å². The molecule has 0 spiro atoms. The predicted molar refractivity (Wildman–Crippen MR) is 77.9 cm³/mol. The van der Waals surface area contributed by atoms with Gasteiger partial charge in [0, 0.05) is 30.6 Å². The van der Waals surface area contributed by atoms with E-state index in [0.29, 0.717) is 0 Å². The van der Waals surface area contributed by atoms with Crippen molar-refractivity contribution in [3.8, 4) is 0 Å². The second-order valence-electron chi connectivity index (χ2n) is 5.81. The molecule has 3 fully saturated rings. The summed E-state index contributed by atoms with van der Waals surface area (Å²) in [5.74, 6) is 1.99. The lowest BCUT2D eigenvalue weighted by atomic mass is 9.74. The van der Waals surface area contributed by atoms with Crippen LogP contribution in [0.2, 0.25) is 0 Å². The van der Waals surface area contributed by atoms with E-state index in [9.17, 15) is 0 Å². The Kier molecular flexibility index (Phi) is 4.02. The van der Waals surface area contributed by atoms with Gasteiger partial charge in [-0.3, -0.25) is 4.90 Å². The largest absolute Gasteiger partial charge is 0.310 e. The molecule has 4 unspecified atom stereocenters. The highest BCUT2D eigenvalue weighted by molar-refractivity contribution is 7.09. The fourth-order valence-corrected chi connectivity index (χ4v) is 4.37. The summed E-state index contributed by atoms with van der Waals surface area (Å²) in [5, 5.41) is 5.81. The van der Waals surface area contributed by atoms with E-state index in [4.69, 9.17) is 0 Å². The minimum atomic E-state index is 0.798. The zero-order chi connectivity index (χ0) is 12.4. The minimum Gasteiger partial charge on any atom is -0.310 e. The standard InChI is InChI=1S/C15H24N2S/c1-2-12-11-17-6-5-13(12)8-14(17)9-16-10-15-4-3-7-18-15/h3-4,7,12-14,16H,2,5-6,8-11H2,1H3. The Morgan fingerprint density at radius 3 is 3.11 bits per heavy atom. The Morgan fingerprint density at radius 1 is 1.50 bits per heavy atom. The Bertz CT molecular complexity index is 363. The average Bonchev–Trinajstić information content (AvgIpc) is 2.92. The van der Waals surface area contributed by atoms with E-state index in [1.165, 1.54) is 43.8 Å². The van der Waals surface area contributed by atoms with Crippen LogP contribution in [-0.4, -0.2) is 30.6 Å². The number of thiophene rings is 1. The SMILES string of the molecule is CCC1CN2CCC1CC2CNCc1cccs1. The number of nitrogens with one attached hydrogen (secondary N) is 1. The fourth-order valence-electron chi connectivity index (χ4n) is 3.70. The van der Waals surface area contributed by atoms with Crippen molar-refractivity contribution in [3.05, 3.63) is 22.4 Å². The van der Waals surface area contributed by atoms with Crippen LogP contribution >= 0.6 is 11.3 Å². The summed E-state index contributed by atoms with van der Waals surface area (Å²) in [6.45, 7) is 7.27. The molecule has 0 amide bonds. The van der Waals surface area contributed by atoms with Crippen molar-refractivity contribution in [2.24, 2.45) is 11.8 Å². The van der Waals surface area contributed by atoms with E-state index >= 15 is 0 Å². The van der Waals surface area contributed by atoms with E-state index in [2.05, 4.69) is 34.7 Å². The number of nitrogens with zero attached hydrogens (tertiary/aromatic N) is 1. The summed E-state index contributed by atoms with van der Waals surface area (Å²) in [5.41, 5.74) is 0. The number of rotatable bonds is 5. The number of hydrogen-bond acceptors (Lipinski definition) is 3. The molecule has 1 N–H and O–H groups in total. The summed E-state index contributed by atoms with van der Waals surface area (Å²) in [6, 6.07) is 5.16. The number of piperidine rings is 3. The van der Waals surface area contributed by atoms with Crippen LogP contribution < -0.4 is 5.32 Å². The first-order valence-corrected chi connectivity index (χ1v) is 8.22. The van der Waals surface area contributed by atoms with Crippen LogP contribution in [0, 0.1) is 11.8 Å². The maximum atomic E-state index is 3.64. The van der Waals surface area contributed by atoms with Crippen LogP contribution in [0.25, 0.3) is 0 Å². The van der Waals surface area contributed by atoms with Crippen molar-refractivity contribution in [1.82, 2.24) is 10.2 Å². The van der Waals surface area contributed by atoms with Crippen LogP contribution in [0.3, 0.4) is 0 Å². The van der Waals surface area contributed by atoms with Crippen molar-refractivity contribution in [2.45, 2.75) is 38.8 Å². The quantitative estimate of drug-likeness (QED) is 0.879. The monoisotopic (exact) mass is 264 g/mol. The fraction of sp³-hybridized carbons (Fsp3) is 0.733. The molecule has 1 aromatic rings. The Morgan fingerprint density at radius 2 is 2.44 bits per heavy atom. The molecule has 0 radical (unpaired) electrons. The van der Waals surface area contributed by atoms with Gasteiger partial charge in [-0.25, -0.2) is 0 Å². The molecular weight excluding hydrogens is 240 g/mol. The van der Waals surface area contributed by atoms with Gasteiger partial charge in [0.05, 0.1) is 0 Å². The van der Waals surface area contributed by atoms with Crippen molar-refractivity contribution < 1.29 is 0 Å². The van der Waals surface area contributed by atoms with Crippen LogP contribution in [-0.2, 0) is 6.54 Å². The third-order valence-electron chi connectivity index (χ3n) is 4.80. The van der Waals surface area contributed by atoms with Crippen LogP contribution in [0.4, 0.5) is 0 Å². The molecule has 0 aliphatic carbocycles. The molecule has 0 aromatic carbocycles. The second-order valence-corrected chi connectivity index (χ2v) is 6.84.